The maximum absolute atomic E-state index is 12.5. The second-order valence-electron chi connectivity index (χ2n) is 6.78. The van der Waals surface area contributed by atoms with Crippen LogP contribution in [0.4, 0.5) is 5.69 Å². The molecule has 0 unspecified atom stereocenters. The molecule has 2 atom stereocenters. The summed E-state index contributed by atoms with van der Waals surface area (Å²) in [5.41, 5.74) is 1.12. The molecule has 0 aliphatic carbocycles. The average molecular weight is 432 g/mol. The zero-order valence-electron chi connectivity index (χ0n) is 15.9. The number of thioether (sulfide) groups is 1. The highest BCUT2D eigenvalue weighted by atomic mass is 32.2. The molecule has 1 amide bonds. The zero-order chi connectivity index (χ0) is 21.0. The van der Waals surface area contributed by atoms with E-state index in [1.807, 2.05) is 10.6 Å². The van der Waals surface area contributed by atoms with Gasteiger partial charge in [-0.3, -0.25) is 4.79 Å². The van der Waals surface area contributed by atoms with Crippen LogP contribution in [0.5, 0.6) is 0 Å². The summed E-state index contributed by atoms with van der Waals surface area (Å²) in [4.78, 5) is 12.5. The Balaban J connectivity index is 1.72. The molecule has 1 aliphatic heterocycles. The Morgan fingerprint density at radius 3 is 2.76 bits per heavy atom. The van der Waals surface area contributed by atoms with Crippen LogP contribution in [0.15, 0.2) is 42.1 Å². The van der Waals surface area contributed by atoms with E-state index in [2.05, 4.69) is 22.1 Å². The van der Waals surface area contributed by atoms with Gasteiger partial charge < -0.3 is 9.88 Å². The molecule has 0 saturated carbocycles. The van der Waals surface area contributed by atoms with Crippen molar-refractivity contribution in [2.24, 2.45) is 0 Å². The lowest BCUT2D eigenvalue weighted by molar-refractivity contribution is -0.115. The van der Waals surface area contributed by atoms with E-state index in [1.165, 1.54) is 11.8 Å². The van der Waals surface area contributed by atoms with Gasteiger partial charge in [-0.2, -0.15) is 5.26 Å². The monoisotopic (exact) mass is 431 g/mol. The molecule has 10 heteroatoms. The van der Waals surface area contributed by atoms with Gasteiger partial charge in [0.25, 0.3) is 0 Å². The van der Waals surface area contributed by atoms with Crippen LogP contribution < -0.4 is 5.32 Å². The second kappa shape index (κ2) is 8.80. The first-order chi connectivity index (χ1) is 13.8. The molecule has 0 radical (unpaired) electrons. The predicted molar refractivity (Wildman–Crippen MR) is 111 cm³/mol. The summed E-state index contributed by atoms with van der Waals surface area (Å²) in [5.74, 6) is 0.446. The van der Waals surface area contributed by atoms with Crippen molar-refractivity contribution in [3.05, 3.63) is 48.3 Å². The van der Waals surface area contributed by atoms with E-state index in [9.17, 15) is 13.2 Å². The molecular weight excluding hydrogens is 410 g/mol. The predicted octanol–water partition coefficient (Wildman–Crippen LogP) is 2.36. The molecule has 2 aromatic rings. The van der Waals surface area contributed by atoms with Gasteiger partial charge in [-0.25, -0.2) is 8.42 Å². The Bertz CT molecular complexity index is 1050. The van der Waals surface area contributed by atoms with Crippen molar-refractivity contribution in [1.29, 1.82) is 5.26 Å². The van der Waals surface area contributed by atoms with Crippen LogP contribution >= 0.6 is 11.8 Å². The summed E-state index contributed by atoms with van der Waals surface area (Å²) in [6.45, 7) is 5.95. The van der Waals surface area contributed by atoms with Crippen molar-refractivity contribution in [1.82, 2.24) is 14.8 Å². The van der Waals surface area contributed by atoms with Crippen LogP contribution in [0, 0.1) is 11.3 Å². The van der Waals surface area contributed by atoms with E-state index in [4.69, 9.17) is 5.26 Å². The lowest BCUT2D eigenvalue weighted by Crippen LogP contribution is -2.23. The standard InChI is InChI=1S/C19H21N5O3S2/c1-3-9-24-17(15-8-10-29(26,27)12-15)22-23-19(24)28-13(2)18(25)21-16-6-4-14(11-20)5-7-16/h3-7,13,15H,1,8-10,12H2,2H3,(H,21,25)/t13-,15+/m1/s1. The van der Waals surface area contributed by atoms with Gasteiger partial charge in [0.05, 0.1) is 28.4 Å². The Morgan fingerprint density at radius 2 is 2.17 bits per heavy atom. The highest BCUT2D eigenvalue weighted by Crippen LogP contribution is 2.31. The Labute approximate surface area is 173 Å². The first-order valence-electron chi connectivity index (χ1n) is 9.05. The third-order valence-electron chi connectivity index (χ3n) is 4.59. The van der Waals surface area contributed by atoms with E-state index in [1.54, 1.807) is 37.3 Å². The number of benzene rings is 1. The first-order valence-corrected chi connectivity index (χ1v) is 11.7. The molecule has 2 heterocycles. The Hall–Kier alpha value is -2.64. The maximum atomic E-state index is 12.5. The van der Waals surface area contributed by atoms with E-state index >= 15 is 0 Å². The number of nitriles is 1. The van der Waals surface area contributed by atoms with Crippen LogP contribution in [0.1, 0.15) is 30.7 Å². The molecule has 8 nitrogen and oxygen atoms in total. The van der Waals surface area contributed by atoms with Gasteiger partial charge >= 0.3 is 0 Å². The van der Waals surface area contributed by atoms with Crippen LogP contribution in [0.3, 0.4) is 0 Å². The van der Waals surface area contributed by atoms with Crippen molar-refractivity contribution in [3.63, 3.8) is 0 Å². The normalized spacial score (nSPS) is 18.7. The minimum absolute atomic E-state index is 0.0711. The number of rotatable bonds is 7. The number of sulfone groups is 1. The largest absolute Gasteiger partial charge is 0.325 e. The van der Waals surface area contributed by atoms with Crippen LogP contribution in [0.25, 0.3) is 0 Å². The fraction of sp³-hybridized carbons (Fsp3) is 0.368. The molecule has 1 aromatic heterocycles. The number of hydrogen-bond donors (Lipinski definition) is 1. The number of nitrogens with one attached hydrogen (secondary N) is 1. The van der Waals surface area contributed by atoms with E-state index in [-0.39, 0.29) is 23.3 Å². The molecule has 152 valence electrons. The minimum atomic E-state index is -3.04. The minimum Gasteiger partial charge on any atom is -0.325 e. The molecule has 29 heavy (non-hydrogen) atoms. The molecule has 0 bridgehead atoms. The first kappa shape index (κ1) is 21.1. The summed E-state index contributed by atoms with van der Waals surface area (Å²) < 4.78 is 25.5. The number of anilines is 1. The van der Waals surface area contributed by atoms with Crippen molar-refractivity contribution < 1.29 is 13.2 Å². The third kappa shape index (κ3) is 5.05. The molecule has 1 fully saturated rings. The van der Waals surface area contributed by atoms with Crippen LogP contribution in [0.2, 0.25) is 0 Å². The molecule has 1 aromatic carbocycles. The third-order valence-corrected chi connectivity index (χ3v) is 7.44. The zero-order valence-corrected chi connectivity index (χ0v) is 17.5. The molecule has 1 saturated heterocycles. The van der Waals surface area contributed by atoms with Gasteiger partial charge in [0, 0.05) is 18.2 Å². The fourth-order valence-electron chi connectivity index (χ4n) is 3.07. The van der Waals surface area contributed by atoms with Crippen molar-refractivity contribution in [2.75, 3.05) is 16.8 Å². The molecular formula is C19H21N5O3S2. The summed E-state index contributed by atoms with van der Waals surface area (Å²) in [5, 5.41) is 20.2. The Morgan fingerprint density at radius 1 is 1.45 bits per heavy atom. The second-order valence-corrected chi connectivity index (χ2v) is 10.3. The summed E-state index contributed by atoms with van der Waals surface area (Å²) in [7, 11) is -3.04. The highest BCUT2D eigenvalue weighted by molar-refractivity contribution is 8.00. The van der Waals surface area contributed by atoms with E-state index in [0.717, 1.165) is 0 Å². The van der Waals surface area contributed by atoms with E-state index < -0.39 is 15.1 Å². The van der Waals surface area contributed by atoms with Crippen LogP contribution in [-0.2, 0) is 21.2 Å². The van der Waals surface area contributed by atoms with Gasteiger partial charge in [-0.05, 0) is 37.6 Å². The number of aromatic nitrogens is 3. The smallest absolute Gasteiger partial charge is 0.237 e. The molecule has 1 aliphatic rings. The number of allylic oxidation sites excluding steroid dienone is 1. The summed E-state index contributed by atoms with van der Waals surface area (Å²) in [6, 6.07) is 8.65. The van der Waals surface area contributed by atoms with E-state index in [0.29, 0.717) is 35.2 Å². The lowest BCUT2D eigenvalue weighted by atomic mass is 10.1. The number of nitrogens with zero attached hydrogens (tertiary/aromatic N) is 4. The van der Waals surface area contributed by atoms with Crippen molar-refractivity contribution >= 4 is 33.2 Å². The summed E-state index contributed by atoms with van der Waals surface area (Å²) >= 11 is 1.25. The molecule has 1 N–H and O–H groups in total. The van der Waals surface area contributed by atoms with Crippen molar-refractivity contribution in [3.8, 4) is 6.07 Å². The topological polar surface area (TPSA) is 118 Å². The van der Waals surface area contributed by atoms with Gasteiger partial charge in [0.1, 0.15) is 5.82 Å². The van der Waals surface area contributed by atoms with Gasteiger partial charge in [-0.1, -0.05) is 17.8 Å². The van der Waals surface area contributed by atoms with Gasteiger partial charge in [-0.15, -0.1) is 16.8 Å². The average Bonchev–Trinajstić information content (AvgIpc) is 3.25. The SMILES string of the molecule is C=CCn1c(S[C@H](C)C(=O)Nc2ccc(C#N)cc2)nnc1[C@H]1CCS(=O)(=O)C1. The maximum Gasteiger partial charge on any atom is 0.237 e. The molecule has 0 spiro atoms. The number of amides is 1. The highest BCUT2D eigenvalue weighted by Gasteiger charge is 2.33. The summed E-state index contributed by atoms with van der Waals surface area (Å²) in [6.07, 6.45) is 2.22. The number of hydrogen-bond acceptors (Lipinski definition) is 7. The van der Waals surface area contributed by atoms with Gasteiger partial charge in [0.2, 0.25) is 5.91 Å². The number of carbonyl (C=O) groups excluding carboxylic acids is 1. The Kier molecular flexibility index (Phi) is 6.39. The number of carbonyl (C=O) groups is 1. The molecule has 3 rings (SSSR count). The van der Waals surface area contributed by atoms with Crippen molar-refractivity contribution in [2.45, 2.75) is 36.2 Å². The lowest BCUT2D eigenvalue weighted by Gasteiger charge is -2.14. The fourth-order valence-corrected chi connectivity index (χ4v) is 5.68. The van der Waals surface area contributed by atoms with Crippen LogP contribution in [-0.4, -0.2) is 45.8 Å². The quantitative estimate of drug-likeness (QED) is 0.528. The van der Waals surface area contributed by atoms with Gasteiger partial charge in [0.15, 0.2) is 15.0 Å².